The fourth-order valence-electron chi connectivity index (χ4n) is 5.28. The van der Waals surface area contributed by atoms with Gasteiger partial charge in [0.05, 0.1) is 0 Å². The third kappa shape index (κ3) is 1.60. The Labute approximate surface area is 106 Å². The van der Waals surface area contributed by atoms with Crippen LogP contribution in [0.15, 0.2) is 0 Å². The maximum atomic E-state index is 13.8. The van der Waals surface area contributed by atoms with E-state index < -0.39 is 23.2 Å². The van der Waals surface area contributed by atoms with Gasteiger partial charge in [-0.05, 0) is 61.7 Å². The first-order chi connectivity index (χ1) is 8.33. The van der Waals surface area contributed by atoms with Gasteiger partial charge in [-0.1, -0.05) is 6.92 Å². The van der Waals surface area contributed by atoms with Crippen molar-refractivity contribution in [3.8, 4) is 0 Å². The minimum absolute atomic E-state index is 0.406. The standard InChI is InChI=1S/C14H20F2O2/c1-8(14(15,16)12(17)18)13-5-9-2-10(6-13)4-11(3-9)7-13/h8-11H,2-7H2,1H3,(H,17,18). The third-order valence-electron chi connectivity index (χ3n) is 5.83. The number of aliphatic carboxylic acids is 1. The van der Waals surface area contributed by atoms with E-state index in [0.29, 0.717) is 17.8 Å². The van der Waals surface area contributed by atoms with Gasteiger partial charge in [-0.15, -0.1) is 0 Å². The number of hydrogen-bond donors (Lipinski definition) is 1. The zero-order valence-electron chi connectivity index (χ0n) is 10.7. The van der Waals surface area contributed by atoms with Crippen LogP contribution in [-0.2, 0) is 4.79 Å². The Morgan fingerprint density at radius 1 is 1.17 bits per heavy atom. The predicted molar refractivity (Wildman–Crippen MR) is 62.4 cm³/mol. The fourth-order valence-corrected chi connectivity index (χ4v) is 5.28. The lowest BCUT2D eigenvalue weighted by atomic mass is 9.46. The van der Waals surface area contributed by atoms with E-state index >= 15 is 0 Å². The van der Waals surface area contributed by atoms with Crippen molar-refractivity contribution in [3.63, 3.8) is 0 Å². The van der Waals surface area contributed by atoms with Gasteiger partial charge in [0, 0.05) is 5.92 Å². The molecular formula is C14H20F2O2. The maximum Gasteiger partial charge on any atom is 0.374 e. The van der Waals surface area contributed by atoms with Gasteiger partial charge in [0.25, 0.3) is 0 Å². The van der Waals surface area contributed by atoms with Gasteiger partial charge in [-0.3, -0.25) is 0 Å². The fraction of sp³-hybridized carbons (Fsp3) is 0.929. The molecule has 2 nitrogen and oxygen atoms in total. The van der Waals surface area contributed by atoms with E-state index in [0.717, 1.165) is 19.3 Å². The molecule has 0 heterocycles. The molecule has 0 aliphatic heterocycles. The molecule has 0 aromatic heterocycles. The normalized spacial score (nSPS) is 44.1. The highest BCUT2D eigenvalue weighted by atomic mass is 19.3. The van der Waals surface area contributed by atoms with Crippen molar-refractivity contribution in [1.82, 2.24) is 0 Å². The summed E-state index contributed by atoms with van der Waals surface area (Å²) in [5.41, 5.74) is -0.406. The first-order valence-electron chi connectivity index (χ1n) is 6.95. The molecule has 0 spiro atoms. The minimum atomic E-state index is -3.58. The number of carboxylic acid groups (broad SMARTS) is 1. The van der Waals surface area contributed by atoms with Gasteiger partial charge in [-0.2, -0.15) is 8.78 Å². The molecule has 1 unspecified atom stereocenters. The molecule has 4 fully saturated rings. The predicted octanol–water partition coefficient (Wildman–Crippen LogP) is 3.56. The summed E-state index contributed by atoms with van der Waals surface area (Å²) in [5.74, 6) is -4.84. The first kappa shape index (κ1) is 12.4. The summed E-state index contributed by atoms with van der Waals surface area (Å²) in [4.78, 5) is 10.8. The second-order valence-electron chi connectivity index (χ2n) is 6.93. The van der Waals surface area contributed by atoms with E-state index in [2.05, 4.69) is 0 Å². The lowest BCUT2D eigenvalue weighted by Crippen LogP contribution is -2.54. The van der Waals surface area contributed by atoms with Gasteiger partial charge >= 0.3 is 11.9 Å². The van der Waals surface area contributed by atoms with Crippen LogP contribution in [0.5, 0.6) is 0 Å². The Hall–Kier alpha value is -0.670. The molecule has 0 radical (unpaired) electrons. The number of carbonyl (C=O) groups is 1. The molecule has 0 saturated heterocycles. The quantitative estimate of drug-likeness (QED) is 0.840. The van der Waals surface area contributed by atoms with E-state index in [1.807, 2.05) is 0 Å². The summed E-state index contributed by atoms with van der Waals surface area (Å²) >= 11 is 0. The number of hydrogen-bond acceptors (Lipinski definition) is 1. The highest BCUT2D eigenvalue weighted by molar-refractivity contribution is 5.75. The van der Waals surface area contributed by atoms with E-state index in [4.69, 9.17) is 5.11 Å². The molecular weight excluding hydrogens is 238 g/mol. The summed E-state index contributed by atoms with van der Waals surface area (Å²) in [6.45, 7) is 1.46. The van der Waals surface area contributed by atoms with Crippen molar-refractivity contribution >= 4 is 5.97 Å². The molecule has 1 N–H and O–H groups in total. The summed E-state index contributed by atoms with van der Waals surface area (Å²) in [7, 11) is 0. The smallest absolute Gasteiger partial charge is 0.374 e. The molecule has 0 amide bonds. The topological polar surface area (TPSA) is 37.3 Å². The van der Waals surface area contributed by atoms with Crippen LogP contribution < -0.4 is 0 Å². The minimum Gasteiger partial charge on any atom is -0.477 e. The maximum absolute atomic E-state index is 13.8. The van der Waals surface area contributed by atoms with Crippen molar-refractivity contribution in [3.05, 3.63) is 0 Å². The first-order valence-corrected chi connectivity index (χ1v) is 6.95. The second-order valence-corrected chi connectivity index (χ2v) is 6.93. The van der Waals surface area contributed by atoms with Crippen LogP contribution in [0.3, 0.4) is 0 Å². The van der Waals surface area contributed by atoms with Crippen molar-refractivity contribution in [2.45, 2.75) is 51.4 Å². The molecule has 0 aromatic carbocycles. The molecule has 4 heteroatoms. The van der Waals surface area contributed by atoms with E-state index in [1.165, 1.54) is 26.2 Å². The van der Waals surface area contributed by atoms with Crippen molar-refractivity contribution < 1.29 is 18.7 Å². The van der Waals surface area contributed by atoms with Crippen LogP contribution in [0.1, 0.15) is 45.4 Å². The molecule has 4 saturated carbocycles. The number of rotatable bonds is 3. The Balaban J connectivity index is 1.89. The second kappa shape index (κ2) is 3.67. The number of carboxylic acids is 1. The van der Waals surface area contributed by atoms with Crippen LogP contribution in [0.4, 0.5) is 8.78 Å². The zero-order chi connectivity index (χ0) is 13.1. The highest BCUT2D eigenvalue weighted by Crippen LogP contribution is 2.64. The Morgan fingerprint density at radius 2 is 1.56 bits per heavy atom. The number of halogens is 2. The van der Waals surface area contributed by atoms with Crippen LogP contribution in [0, 0.1) is 29.1 Å². The molecule has 4 bridgehead atoms. The van der Waals surface area contributed by atoms with Crippen LogP contribution in [0.25, 0.3) is 0 Å². The molecule has 4 rings (SSSR count). The SMILES string of the molecule is CC(C12CC3CC(CC(C3)C1)C2)C(F)(F)C(=O)O. The van der Waals surface area contributed by atoms with Crippen molar-refractivity contribution in [1.29, 1.82) is 0 Å². The van der Waals surface area contributed by atoms with E-state index in [9.17, 15) is 13.6 Å². The Morgan fingerprint density at radius 3 is 1.89 bits per heavy atom. The van der Waals surface area contributed by atoms with E-state index in [-0.39, 0.29) is 0 Å². The van der Waals surface area contributed by atoms with Crippen LogP contribution in [0.2, 0.25) is 0 Å². The van der Waals surface area contributed by atoms with E-state index in [1.54, 1.807) is 0 Å². The zero-order valence-corrected chi connectivity index (χ0v) is 10.7. The van der Waals surface area contributed by atoms with Gasteiger partial charge in [0.1, 0.15) is 0 Å². The Kier molecular flexibility index (Phi) is 2.52. The van der Waals surface area contributed by atoms with Gasteiger partial charge < -0.3 is 5.11 Å². The molecule has 18 heavy (non-hydrogen) atoms. The summed E-state index contributed by atoms with van der Waals surface area (Å²) in [6.07, 6.45) is 6.02. The molecule has 4 aliphatic carbocycles. The van der Waals surface area contributed by atoms with Crippen LogP contribution in [-0.4, -0.2) is 17.0 Å². The van der Waals surface area contributed by atoms with Crippen molar-refractivity contribution in [2.24, 2.45) is 29.1 Å². The van der Waals surface area contributed by atoms with Crippen LogP contribution >= 0.6 is 0 Å². The molecule has 4 aliphatic rings. The molecule has 1 atom stereocenters. The average molecular weight is 258 g/mol. The lowest BCUT2D eigenvalue weighted by Gasteiger charge is -2.59. The van der Waals surface area contributed by atoms with Crippen molar-refractivity contribution in [2.75, 3.05) is 0 Å². The monoisotopic (exact) mass is 258 g/mol. The summed E-state index contributed by atoms with van der Waals surface area (Å²) in [6, 6.07) is 0. The van der Waals surface area contributed by atoms with Gasteiger partial charge in [0.15, 0.2) is 0 Å². The molecule has 0 aromatic rings. The third-order valence-corrected chi connectivity index (χ3v) is 5.83. The largest absolute Gasteiger partial charge is 0.477 e. The Bertz CT molecular complexity index is 343. The summed E-state index contributed by atoms with van der Waals surface area (Å²) < 4.78 is 27.7. The van der Waals surface area contributed by atoms with Gasteiger partial charge in [0.2, 0.25) is 0 Å². The highest BCUT2D eigenvalue weighted by Gasteiger charge is 2.60. The average Bonchev–Trinajstić information content (AvgIpc) is 2.25. The number of alkyl halides is 2. The summed E-state index contributed by atoms with van der Waals surface area (Å²) in [5, 5.41) is 8.76. The molecule has 102 valence electrons. The van der Waals surface area contributed by atoms with Gasteiger partial charge in [-0.25, -0.2) is 4.79 Å². The lowest BCUT2D eigenvalue weighted by molar-refractivity contribution is -0.196.